The monoisotopic (exact) mass is 1340 g/mol. The van der Waals surface area contributed by atoms with Crippen LogP contribution in [-0.2, 0) is 54.4 Å². The average molecular weight is 1340 g/mol. The van der Waals surface area contributed by atoms with Gasteiger partial charge in [0, 0.05) is 132 Å². The molecule has 0 radical (unpaired) electrons. The van der Waals surface area contributed by atoms with Crippen LogP contribution in [0.4, 0.5) is 0 Å². The Morgan fingerprint density at radius 2 is 0.750 bits per heavy atom. The Kier molecular flexibility index (Phi) is 35.2. The van der Waals surface area contributed by atoms with Crippen LogP contribution in [0.5, 0.6) is 23.0 Å². The van der Waals surface area contributed by atoms with Crippen LogP contribution in [0.2, 0.25) is 0 Å². The highest BCUT2D eigenvalue weighted by Gasteiger charge is 2.30. The molecule has 14 nitrogen and oxygen atoms in total. The number of likely N-dealkylation sites (N-methyl/N-ethyl adjacent to an activating group) is 4. The second-order valence-electron chi connectivity index (χ2n) is 35.4. The number of hydrogen-bond acceptors (Lipinski definition) is 14. The molecule has 2 aliphatic heterocycles. The molecule has 0 amide bonds. The normalized spacial score (nSPS) is 15.2. The minimum Gasteiger partial charge on any atom is -0.507 e. The zero-order valence-electron chi connectivity index (χ0n) is 66.5. The van der Waals surface area contributed by atoms with Crippen molar-refractivity contribution in [3.8, 4) is 23.0 Å². The first-order valence-electron chi connectivity index (χ1n) is 35.8. The third-order valence-electron chi connectivity index (χ3n) is 18.2. The number of aromatic hydroxyl groups is 4. The third-order valence-corrected chi connectivity index (χ3v) is 18.2. The highest BCUT2D eigenvalue weighted by molar-refractivity contribution is 5.50. The molecule has 2 heterocycles. The smallest absolute Gasteiger partial charge is 0.124 e. The largest absolute Gasteiger partial charge is 0.507 e. The Morgan fingerprint density at radius 1 is 0.396 bits per heavy atom. The zero-order chi connectivity index (χ0) is 72.4. The Labute approximate surface area is 590 Å². The lowest BCUT2D eigenvalue weighted by molar-refractivity contribution is 0.144. The number of phenolic OH excluding ortho intramolecular Hbond substituents is 4. The fraction of sp³-hybridized carbons (Fsp3) is 0.707. The predicted octanol–water partition coefficient (Wildman–Crippen LogP) is 14.8. The summed E-state index contributed by atoms with van der Waals surface area (Å²) in [4.78, 5) is 21.0. The van der Waals surface area contributed by atoms with E-state index in [1.165, 1.54) is 22.3 Å². The van der Waals surface area contributed by atoms with E-state index in [4.69, 9.17) is 0 Å². The summed E-state index contributed by atoms with van der Waals surface area (Å²) < 4.78 is 0. The van der Waals surface area contributed by atoms with E-state index >= 15 is 0 Å². The standard InChI is InChI=1S/C23H41NO.C22H41N3O.C19H32N4O.C17H30N2O.CH4/c1-20(2,3)15-23(10,11)24-14-16-12-17(21(4,5)6)13-18(19(16)25)22(7,8)9;1-18-15-19(21(26)20(16-18)22(2,3)4)17-25(13-9-11-23(5)6)14-10-12-24(7)8;1-16-12-17(14-22-8-4-20(2)5-9-22)19(24)18(13-16)15-23-10-6-21(3)7-11-23;1-13-10-14(12-19(7)9-8-18(5)6)16(20)15(11-13)17(2,3)4;/h12-13,24-25H,14-15H2,1-11H3;15-16,26H,9-14,17H2,1-8H3;12-13,24H,4-11,14-15H2,1-3H3;10-11,20H,8-9,12H2,1-7H3;1H4. The van der Waals surface area contributed by atoms with Gasteiger partial charge >= 0.3 is 0 Å². The van der Waals surface area contributed by atoms with Crippen molar-refractivity contribution in [1.29, 1.82) is 0 Å². The molecule has 0 bridgehead atoms. The molecule has 96 heavy (non-hydrogen) atoms. The van der Waals surface area contributed by atoms with Gasteiger partial charge in [-0.3, -0.25) is 14.7 Å². The Hall–Kier alpha value is -4.32. The first kappa shape index (κ1) is 87.8. The molecule has 5 N–H and O–H groups in total. The van der Waals surface area contributed by atoms with Crippen molar-refractivity contribution in [2.75, 3.05) is 155 Å². The second kappa shape index (κ2) is 38.5. The van der Waals surface area contributed by atoms with Gasteiger partial charge in [0.1, 0.15) is 23.0 Å². The molecule has 0 unspecified atom stereocenters. The van der Waals surface area contributed by atoms with E-state index in [9.17, 15) is 20.4 Å². The summed E-state index contributed by atoms with van der Waals surface area (Å²) in [7, 11) is 19.1. The lowest BCUT2D eigenvalue weighted by Crippen LogP contribution is -2.44. The fourth-order valence-electron chi connectivity index (χ4n) is 12.8. The average Bonchev–Trinajstić information content (AvgIpc) is 0.808. The minimum atomic E-state index is -0.0823. The van der Waals surface area contributed by atoms with Crippen molar-refractivity contribution in [2.24, 2.45) is 5.41 Å². The molecule has 0 aliphatic carbocycles. The van der Waals surface area contributed by atoms with Gasteiger partial charge in [-0.2, -0.15) is 0 Å². The van der Waals surface area contributed by atoms with Gasteiger partial charge in [-0.15, -0.1) is 0 Å². The highest BCUT2D eigenvalue weighted by atomic mass is 16.3. The SMILES string of the molecule is C.CC(C)(C)CC(C)(C)NCc1cc(C(C)(C)C)cc(C(C)(C)C)c1O.Cc1cc(CN(C)CCN(C)C)c(O)c(C(C)(C)C)c1.Cc1cc(CN(CCCN(C)C)CCCN(C)C)c(O)c(C(C)(C)C)c1.Cc1cc(CN2CCN(C)CC2)c(O)c(CN2CCN(C)CC2)c1. The summed E-state index contributed by atoms with van der Waals surface area (Å²) in [5.74, 6) is 1.89. The van der Waals surface area contributed by atoms with Crippen molar-refractivity contribution >= 4 is 0 Å². The molecular formula is C82H148N10O4. The topological polar surface area (TPSA) is 122 Å². The van der Waals surface area contributed by atoms with E-state index in [0.717, 1.165) is 182 Å². The van der Waals surface area contributed by atoms with Crippen molar-refractivity contribution in [3.05, 3.63) is 115 Å². The number of nitrogens with zero attached hydrogens (tertiary/aromatic N) is 9. The summed E-state index contributed by atoms with van der Waals surface area (Å²) in [5.41, 5.74) is 13.5. The maximum atomic E-state index is 10.9. The number of aryl methyl sites for hydroxylation is 3. The van der Waals surface area contributed by atoms with Crippen molar-refractivity contribution < 1.29 is 20.4 Å². The summed E-state index contributed by atoms with van der Waals surface area (Å²) in [6.07, 6.45) is 3.37. The quantitative estimate of drug-likeness (QED) is 0.0484. The number of rotatable bonds is 23. The lowest BCUT2D eigenvalue weighted by Gasteiger charge is -2.34. The highest BCUT2D eigenvalue weighted by Crippen LogP contribution is 2.40. The molecule has 2 fully saturated rings. The van der Waals surface area contributed by atoms with Gasteiger partial charge in [0.05, 0.1) is 0 Å². The maximum absolute atomic E-state index is 10.9. The van der Waals surface area contributed by atoms with E-state index in [0.29, 0.717) is 29.5 Å². The zero-order valence-corrected chi connectivity index (χ0v) is 66.5. The number of hydrogen-bond donors (Lipinski definition) is 5. The molecule has 0 aromatic heterocycles. The van der Waals surface area contributed by atoms with Gasteiger partial charge in [-0.05, 0) is 193 Å². The van der Waals surface area contributed by atoms with Gasteiger partial charge in [0.2, 0.25) is 0 Å². The van der Waals surface area contributed by atoms with Crippen molar-refractivity contribution in [1.82, 2.24) is 49.4 Å². The number of piperazine rings is 2. The van der Waals surface area contributed by atoms with E-state index in [2.05, 4.69) is 300 Å². The van der Waals surface area contributed by atoms with Crippen LogP contribution in [0.3, 0.4) is 0 Å². The van der Waals surface area contributed by atoms with Crippen LogP contribution < -0.4 is 5.32 Å². The Morgan fingerprint density at radius 3 is 1.11 bits per heavy atom. The summed E-state index contributed by atoms with van der Waals surface area (Å²) in [5, 5.41) is 46.8. The Balaban J connectivity index is 0.000000436. The molecular weight excluding hydrogens is 1190 g/mol. The molecule has 0 atom stereocenters. The van der Waals surface area contributed by atoms with E-state index < -0.39 is 0 Å². The molecule has 4 aromatic rings. The minimum absolute atomic E-state index is 0. The summed E-state index contributed by atoms with van der Waals surface area (Å²) >= 11 is 0. The molecule has 14 heteroatoms. The second-order valence-corrected chi connectivity index (χ2v) is 35.4. The molecule has 2 saturated heterocycles. The van der Waals surface area contributed by atoms with E-state index in [1.54, 1.807) is 0 Å². The first-order chi connectivity index (χ1) is 43.5. The van der Waals surface area contributed by atoms with Crippen molar-refractivity contribution in [3.63, 3.8) is 0 Å². The molecule has 0 spiro atoms. The first-order valence-corrected chi connectivity index (χ1v) is 35.8. The van der Waals surface area contributed by atoms with Gasteiger partial charge in [-0.25, -0.2) is 0 Å². The summed E-state index contributed by atoms with van der Waals surface area (Å²) in [6.45, 7) is 62.8. The molecule has 2 aliphatic rings. The van der Waals surface area contributed by atoms with E-state index in [1.807, 2.05) is 0 Å². The van der Waals surface area contributed by atoms with Crippen LogP contribution >= 0.6 is 0 Å². The van der Waals surface area contributed by atoms with E-state index in [-0.39, 0.29) is 40.0 Å². The predicted molar refractivity (Wildman–Crippen MR) is 415 cm³/mol. The van der Waals surface area contributed by atoms with Gasteiger partial charge in [0.15, 0.2) is 0 Å². The van der Waals surface area contributed by atoms with Crippen LogP contribution in [0.15, 0.2) is 48.5 Å². The Bertz CT molecular complexity index is 2860. The van der Waals surface area contributed by atoms with Crippen LogP contribution in [0.25, 0.3) is 0 Å². The summed E-state index contributed by atoms with van der Waals surface area (Å²) in [6, 6.07) is 17.1. The number of phenols is 4. The molecule has 0 saturated carbocycles. The van der Waals surface area contributed by atoms with Crippen LogP contribution in [-0.4, -0.2) is 225 Å². The molecule has 550 valence electrons. The van der Waals surface area contributed by atoms with Crippen LogP contribution in [0.1, 0.15) is 211 Å². The van der Waals surface area contributed by atoms with Crippen molar-refractivity contribution in [2.45, 2.75) is 225 Å². The number of nitrogens with one attached hydrogen (secondary N) is 1. The number of benzene rings is 4. The van der Waals surface area contributed by atoms with Gasteiger partial charge in [-0.1, -0.05) is 177 Å². The maximum Gasteiger partial charge on any atom is 0.124 e. The van der Waals surface area contributed by atoms with Crippen LogP contribution in [0, 0.1) is 26.2 Å². The fourth-order valence-corrected chi connectivity index (χ4v) is 12.8. The third kappa shape index (κ3) is 31.9. The lowest BCUT2D eigenvalue weighted by atomic mass is 9.78. The molecule has 4 aromatic carbocycles. The van der Waals surface area contributed by atoms with Gasteiger partial charge in [0.25, 0.3) is 0 Å². The van der Waals surface area contributed by atoms with Gasteiger partial charge < -0.3 is 55.1 Å². The molecule has 6 rings (SSSR count).